The number of rotatable bonds is 5. The van der Waals surface area contributed by atoms with Crippen molar-refractivity contribution in [2.24, 2.45) is 0 Å². The Balaban J connectivity index is 1.13. The van der Waals surface area contributed by atoms with Crippen molar-refractivity contribution in [1.82, 2.24) is 15.0 Å². The summed E-state index contributed by atoms with van der Waals surface area (Å²) in [6.07, 6.45) is 0. The second kappa shape index (κ2) is 12.6. The summed E-state index contributed by atoms with van der Waals surface area (Å²) in [5, 5.41) is 8.93. The molecule has 11 rings (SSSR count). The van der Waals surface area contributed by atoms with Crippen molar-refractivity contribution in [1.29, 1.82) is 0 Å². The Bertz CT molecular complexity index is 3260. The molecule has 0 saturated heterocycles. The predicted molar refractivity (Wildman–Crippen MR) is 227 cm³/mol. The van der Waals surface area contributed by atoms with Crippen molar-refractivity contribution >= 4 is 54.3 Å². The minimum Gasteiger partial charge on any atom is -0.455 e. The maximum absolute atomic E-state index is 6.80. The number of benzene rings is 9. The third kappa shape index (κ3) is 5.19. The molecule has 0 amide bonds. The molecule has 0 N–H and O–H groups in total. The number of hydrogen-bond acceptors (Lipinski definition) is 4. The topological polar surface area (TPSA) is 51.8 Å². The van der Waals surface area contributed by atoms with E-state index in [1.54, 1.807) is 0 Å². The Morgan fingerprint density at radius 1 is 0.273 bits per heavy atom. The van der Waals surface area contributed by atoms with E-state index in [4.69, 9.17) is 19.4 Å². The third-order valence-electron chi connectivity index (χ3n) is 10.7. The van der Waals surface area contributed by atoms with Crippen molar-refractivity contribution in [2.45, 2.75) is 0 Å². The molecule has 55 heavy (non-hydrogen) atoms. The minimum absolute atomic E-state index is 0.634. The molecule has 0 fully saturated rings. The molecule has 0 unspecified atom stereocenters. The number of furan rings is 1. The molecule has 9 aromatic carbocycles. The molecular weight excluding hydrogens is 671 g/mol. The number of hydrogen-bond donors (Lipinski definition) is 0. The van der Waals surface area contributed by atoms with Crippen LogP contribution in [0.5, 0.6) is 0 Å². The first-order valence-electron chi connectivity index (χ1n) is 18.5. The molecule has 0 saturated carbocycles. The zero-order valence-electron chi connectivity index (χ0n) is 29.6. The molecule has 2 aromatic heterocycles. The number of para-hydroxylation sites is 1. The van der Waals surface area contributed by atoms with Gasteiger partial charge in [-0.05, 0) is 61.8 Å². The Kier molecular flexibility index (Phi) is 7.14. The van der Waals surface area contributed by atoms with E-state index < -0.39 is 0 Å². The van der Waals surface area contributed by atoms with Crippen molar-refractivity contribution in [3.63, 3.8) is 0 Å². The van der Waals surface area contributed by atoms with Crippen LogP contribution in [-0.4, -0.2) is 15.0 Å². The summed E-state index contributed by atoms with van der Waals surface area (Å²) >= 11 is 0. The summed E-state index contributed by atoms with van der Waals surface area (Å²) in [7, 11) is 0. The van der Waals surface area contributed by atoms with Crippen LogP contribution in [0.2, 0.25) is 0 Å². The van der Waals surface area contributed by atoms with Crippen LogP contribution in [0.25, 0.3) is 111 Å². The normalized spacial score (nSPS) is 11.6. The van der Waals surface area contributed by atoms with E-state index in [1.807, 2.05) is 36.4 Å². The van der Waals surface area contributed by atoms with Crippen LogP contribution in [0.15, 0.2) is 192 Å². The molecule has 256 valence electrons. The lowest BCUT2D eigenvalue weighted by Crippen LogP contribution is -2.01. The van der Waals surface area contributed by atoms with Crippen LogP contribution in [0.4, 0.5) is 0 Å². The van der Waals surface area contributed by atoms with Gasteiger partial charge >= 0.3 is 0 Å². The fraction of sp³-hybridized carbons (Fsp3) is 0. The highest BCUT2D eigenvalue weighted by atomic mass is 16.3. The van der Waals surface area contributed by atoms with Gasteiger partial charge in [0.15, 0.2) is 17.5 Å². The van der Waals surface area contributed by atoms with Crippen molar-refractivity contribution in [3.05, 3.63) is 188 Å². The Morgan fingerprint density at radius 2 is 0.818 bits per heavy atom. The largest absolute Gasteiger partial charge is 0.455 e. The summed E-state index contributed by atoms with van der Waals surface area (Å²) in [5.41, 5.74) is 9.15. The molecule has 0 aliphatic carbocycles. The smallest absolute Gasteiger partial charge is 0.164 e. The quantitative estimate of drug-likeness (QED) is 0.179. The van der Waals surface area contributed by atoms with Gasteiger partial charge in [0, 0.05) is 38.4 Å². The molecule has 11 aromatic rings. The van der Waals surface area contributed by atoms with Gasteiger partial charge in [0.25, 0.3) is 0 Å². The van der Waals surface area contributed by atoms with Gasteiger partial charge in [-0.25, -0.2) is 15.0 Å². The van der Waals surface area contributed by atoms with Gasteiger partial charge in [0.1, 0.15) is 11.2 Å². The van der Waals surface area contributed by atoms with Crippen LogP contribution in [0.1, 0.15) is 0 Å². The van der Waals surface area contributed by atoms with Gasteiger partial charge in [-0.1, -0.05) is 170 Å². The van der Waals surface area contributed by atoms with Crippen LogP contribution in [0.3, 0.4) is 0 Å². The Labute approximate surface area is 317 Å². The van der Waals surface area contributed by atoms with Gasteiger partial charge in [-0.3, -0.25) is 0 Å². The first-order chi connectivity index (χ1) is 27.3. The molecule has 0 spiro atoms. The number of aromatic nitrogens is 3. The van der Waals surface area contributed by atoms with Gasteiger partial charge in [0.2, 0.25) is 0 Å². The molecule has 2 heterocycles. The molecule has 4 heteroatoms. The lowest BCUT2D eigenvalue weighted by atomic mass is 9.90. The second-order valence-corrected chi connectivity index (χ2v) is 13.9. The lowest BCUT2D eigenvalue weighted by molar-refractivity contribution is 0.674. The summed E-state index contributed by atoms with van der Waals surface area (Å²) in [4.78, 5) is 15.3. The first-order valence-corrected chi connectivity index (χ1v) is 18.5. The van der Waals surface area contributed by atoms with Crippen LogP contribution < -0.4 is 0 Å². The van der Waals surface area contributed by atoms with Gasteiger partial charge < -0.3 is 4.42 Å². The van der Waals surface area contributed by atoms with Crippen molar-refractivity contribution in [3.8, 4) is 56.4 Å². The average Bonchev–Trinajstić information content (AvgIpc) is 3.65. The Morgan fingerprint density at radius 3 is 1.58 bits per heavy atom. The monoisotopic (exact) mass is 701 g/mol. The van der Waals surface area contributed by atoms with E-state index in [9.17, 15) is 0 Å². The fourth-order valence-corrected chi connectivity index (χ4v) is 8.09. The van der Waals surface area contributed by atoms with Gasteiger partial charge in [0.05, 0.1) is 0 Å². The summed E-state index contributed by atoms with van der Waals surface area (Å²) < 4.78 is 6.80. The van der Waals surface area contributed by atoms with E-state index in [0.717, 1.165) is 87.8 Å². The first kappa shape index (κ1) is 31.1. The molecule has 0 atom stereocenters. The summed E-state index contributed by atoms with van der Waals surface area (Å²) in [6, 6.07) is 65.7. The van der Waals surface area contributed by atoms with Gasteiger partial charge in [-0.2, -0.15) is 0 Å². The van der Waals surface area contributed by atoms with E-state index in [-0.39, 0.29) is 0 Å². The summed E-state index contributed by atoms with van der Waals surface area (Å²) in [6.45, 7) is 0. The fourth-order valence-electron chi connectivity index (χ4n) is 8.09. The van der Waals surface area contributed by atoms with E-state index in [1.165, 1.54) is 5.39 Å². The lowest BCUT2D eigenvalue weighted by Gasteiger charge is -2.15. The van der Waals surface area contributed by atoms with Crippen LogP contribution in [0, 0.1) is 0 Å². The second-order valence-electron chi connectivity index (χ2n) is 13.9. The maximum Gasteiger partial charge on any atom is 0.164 e. The van der Waals surface area contributed by atoms with E-state index in [2.05, 4.69) is 152 Å². The SMILES string of the molecule is c1ccc(-c2nc(-c3ccc4ccccc4c3)nc(-c3ccc(-c4cc5c6cccc(-c7ccccc7)c6oc5c5ccccc45)c4ccccc34)n2)cc1. The number of nitrogens with zero attached hydrogens (tertiary/aromatic N) is 3. The molecular formula is C51H31N3O. The molecule has 4 nitrogen and oxygen atoms in total. The number of fused-ring (bicyclic) bond motifs is 7. The Hall–Kier alpha value is -7.43. The molecule has 0 bridgehead atoms. The zero-order valence-corrected chi connectivity index (χ0v) is 29.6. The standard InChI is InChI=1S/C51H31N3O/c1-3-15-33(16-4-1)37-24-13-25-43-46-31-45(40-22-11-12-23-42(40)48(46)55-47(37)43)41-28-29-44(39-21-10-9-20-38(39)41)51-53-49(34-17-5-2-6-18-34)52-50(54-51)36-27-26-32-14-7-8-19-35(32)30-36/h1-31H. The molecule has 0 aliphatic heterocycles. The van der Waals surface area contributed by atoms with Gasteiger partial charge in [-0.15, -0.1) is 0 Å². The molecule has 0 aliphatic rings. The zero-order chi connectivity index (χ0) is 36.3. The van der Waals surface area contributed by atoms with Crippen LogP contribution >= 0.6 is 0 Å². The summed E-state index contributed by atoms with van der Waals surface area (Å²) in [5.74, 6) is 1.91. The van der Waals surface area contributed by atoms with E-state index >= 15 is 0 Å². The highest BCUT2D eigenvalue weighted by Gasteiger charge is 2.20. The average molecular weight is 702 g/mol. The molecule has 0 radical (unpaired) electrons. The maximum atomic E-state index is 6.80. The highest BCUT2D eigenvalue weighted by Crippen LogP contribution is 2.44. The van der Waals surface area contributed by atoms with E-state index in [0.29, 0.717) is 17.5 Å². The van der Waals surface area contributed by atoms with Crippen LogP contribution in [-0.2, 0) is 0 Å². The highest BCUT2D eigenvalue weighted by molar-refractivity contribution is 6.22. The minimum atomic E-state index is 0.634. The predicted octanol–water partition coefficient (Wildman–Crippen LogP) is 13.6. The van der Waals surface area contributed by atoms with Crippen molar-refractivity contribution < 1.29 is 4.42 Å². The third-order valence-corrected chi connectivity index (χ3v) is 10.7. The van der Waals surface area contributed by atoms with Crippen molar-refractivity contribution in [2.75, 3.05) is 0 Å².